The summed E-state index contributed by atoms with van der Waals surface area (Å²) in [6, 6.07) is 6.92. The fourth-order valence-corrected chi connectivity index (χ4v) is 5.82. The van der Waals surface area contributed by atoms with Gasteiger partial charge in [-0.3, -0.25) is 9.48 Å². The van der Waals surface area contributed by atoms with Crippen LogP contribution in [0.25, 0.3) is 33.0 Å². The van der Waals surface area contributed by atoms with E-state index in [9.17, 15) is 14.7 Å². The molecule has 1 aliphatic rings. The minimum atomic E-state index is -1.48. The third-order valence-electron chi connectivity index (χ3n) is 7.99. The molecule has 2 aromatic carbocycles. The second kappa shape index (κ2) is 11.6. The van der Waals surface area contributed by atoms with Crippen LogP contribution in [0.15, 0.2) is 41.5 Å². The molecule has 0 radical (unpaired) electrons. The average Bonchev–Trinajstić information content (AvgIpc) is 3.43. The smallest absolute Gasteiger partial charge is 0.339 e. The fourth-order valence-electron chi connectivity index (χ4n) is 5.82. The second-order valence-electron chi connectivity index (χ2n) is 12.8. The summed E-state index contributed by atoms with van der Waals surface area (Å²) in [4.78, 5) is 26.7. The summed E-state index contributed by atoms with van der Waals surface area (Å²) in [7, 11) is 1.55. The summed E-state index contributed by atoms with van der Waals surface area (Å²) >= 11 is 0. The molecule has 0 saturated carbocycles. The lowest BCUT2D eigenvalue weighted by molar-refractivity contribution is -0.161. The van der Waals surface area contributed by atoms with Gasteiger partial charge in [0.05, 0.1) is 24.1 Å². The summed E-state index contributed by atoms with van der Waals surface area (Å²) in [5, 5.41) is 15.8. The summed E-state index contributed by atoms with van der Waals surface area (Å²) in [5.41, 5.74) is 3.13. The van der Waals surface area contributed by atoms with Gasteiger partial charge in [0.15, 0.2) is 17.7 Å². The highest BCUT2D eigenvalue weighted by Gasteiger charge is 2.34. The Labute approximate surface area is 251 Å². The molecule has 3 heterocycles. The highest BCUT2D eigenvalue weighted by atomic mass is 19.1. The van der Waals surface area contributed by atoms with Crippen molar-refractivity contribution in [3.8, 4) is 28.0 Å². The Kier molecular flexibility index (Phi) is 8.22. The highest BCUT2D eigenvalue weighted by Crippen LogP contribution is 2.43. The van der Waals surface area contributed by atoms with Crippen molar-refractivity contribution in [2.45, 2.75) is 79.1 Å². The number of nitrogens with zero attached hydrogens (tertiary/aromatic N) is 3. The van der Waals surface area contributed by atoms with Crippen LogP contribution in [-0.2, 0) is 29.5 Å². The molecular weight excluding hydrogens is 549 g/mol. The number of carbonyl (C=O) groups is 1. The maximum atomic E-state index is 15.6. The lowest BCUT2D eigenvalue weighted by atomic mass is 9.87. The van der Waals surface area contributed by atoms with Crippen molar-refractivity contribution < 1.29 is 23.8 Å². The van der Waals surface area contributed by atoms with Crippen molar-refractivity contribution in [3.63, 3.8) is 0 Å². The van der Waals surface area contributed by atoms with Gasteiger partial charge in [-0.05, 0) is 87.1 Å². The van der Waals surface area contributed by atoms with Crippen molar-refractivity contribution in [2.24, 2.45) is 13.0 Å². The quantitative estimate of drug-likeness (QED) is 0.242. The van der Waals surface area contributed by atoms with E-state index in [1.54, 1.807) is 34.0 Å². The van der Waals surface area contributed by atoms with Gasteiger partial charge < -0.3 is 19.1 Å². The number of benzene rings is 2. The zero-order valence-electron chi connectivity index (χ0n) is 26.0. The largest absolute Gasteiger partial charge is 0.490 e. The average molecular weight is 590 g/mol. The van der Waals surface area contributed by atoms with E-state index in [2.05, 4.69) is 18.9 Å². The molecule has 0 unspecified atom stereocenters. The first-order chi connectivity index (χ1) is 20.3. The number of hydrogen-bond donors (Lipinski definition) is 1. The van der Waals surface area contributed by atoms with Gasteiger partial charge in [0.25, 0.3) is 5.56 Å². The number of rotatable bonds is 8. The molecule has 8 nitrogen and oxygen atoms in total. The maximum Gasteiger partial charge on any atom is 0.339 e. The fraction of sp³-hybridized carbons (Fsp3) is 0.441. The molecule has 0 fully saturated rings. The standard InChI is InChI=1S/C34H40FN3O5/c1-19(2)12-13-38-18-22(17-36-38)21-10-11-24-26(15-21)32(39)37(7)29(31(33(40)41)43-34(4,5)6)28(24)25-16-27(35)30-23(20(25)3)9-8-14-42-30/h10-11,15-19,31H,8-9,12-14H2,1-7H3,(H,40,41)/t31-/m0/s1. The van der Waals surface area contributed by atoms with Crippen LogP contribution < -0.4 is 10.3 Å². The predicted octanol–water partition coefficient (Wildman–Crippen LogP) is 6.83. The molecule has 43 heavy (non-hydrogen) atoms. The van der Waals surface area contributed by atoms with Crippen molar-refractivity contribution in [1.29, 1.82) is 0 Å². The van der Waals surface area contributed by atoms with Gasteiger partial charge in [-0.2, -0.15) is 5.10 Å². The minimum Gasteiger partial charge on any atom is -0.490 e. The molecule has 1 aliphatic heterocycles. The monoisotopic (exact) mass is 589 g/mol. The zero-order valence-corrected chi connectivity index (χ0v) is 26.0. The van der Waals surface area contributed by atoms with Crippen LogP contribution in [0, 0.1) is 18.7 Å². The van der Waals surface area contributed by atoms with E-state index in [0.29, 0.717) is 40.8 Å². The van der Waals surface area contributed by atoms with Crippen LogP contribution in [0.5, 0.6) is 5.75 Å². The second-order valence-corrected chi connectivity index (χ2v) is 12.8. The molecule has 0 aliphatic carbocycles. The molecule has 0 amide bonds. The Morgan fingerprint density at radius 3 is 2.60 bits per heavy atom. The maximum absolute atomic E-state index is 15.6. The minimum absolute atomic E-state index is 0.161. The SMILES string of the molecule is Cc1c(-c2c([C@H](OC(C)(C)C)C(=O)O)n(C)c(=O)c3cc(-c4cnn(CCC(C)C)c4)ccc23)cc(F)c2c1CCCO2. The van der Waals surface area contributed by atoms with Crippen LogP contribution in [0.3, 0.4) is 0 Å². The molecule has 1 N–H and O–H groups in total. The van der Waals surface area contributed by atoms with E-state index in [0.717, 1.165) is 41.6 Å². The summed E-state index contributed by atoms with van der Waals surface area (Å²) in [5.74, 6) is -0.974. The van der Waals surface area contributed by atoms with Gasteiger partial charge in [-0.25, -0.2) is 9.18 Å². The van der Waals surface area contributed by atoms with Crippen molar-refractivity contribution in [1.82, 2.24) is 14.3 Å². The first-order valence-electron chi connectivity index (χ1n) is 14.8. The molecule has 1 atom stereocenters. The summed E-state index contributed by atoms with van der Waals surface area (Å²) < 4.78 is 30.6. The van der Waals surface area contributed by atoms with Gasteiger partial charge in [-0.1, -0.05) is 26.0 Å². The number of halogens is 1. The number of hydrogen-bond acceptors (Lipinski definition) is 5. The van der Waals surface area contributed by atoms with E-state index < -0.39 is 23.5 Å². The number of fused-ring (bicyclic) bond motifs is 2. The van der Waals surface area contributed by atoms with Crippen LogP contribution in [0.4, 0.5) is 4.39 Å². The van der Waals surface area contributed by atoms with Gasteiger partial charge in [0.2, 0.25) is 0 Å². The van der Waals surface area contributed by atoms with Gasteiger partial charge in [0.1, 0.15) is 0 Å². The lowest BCUT2D eigenvalue weighted by Crippen LogP contribution is -2.33. The van der Waals surface area contributed by atoms with Crippen molar-refractivity contribution in [2.75, 3.05) is 6.61 Å². The Bertz CT molecular complexity index is 1760. The number of carboxylic acids is 1. The van der Waals surface area contributed by atoms with Crippen molar-refractivity contribution in [3.05, 3.63) is 69.7 Å². The molecule has 9 heteroatoms. The third kappa shape index (κ3) is 5.95. The summed E-state index contributed by atoms with van der Waals surface area (Å²) in [6.45, 7) is 12.7. The first kappa shape index (κ1) is 30.5. The molecule has 0 bridgehead atoms. The van der Waals surface area contributed by atoms with E-state index in [1.807, 2.05) is 36.0 Å². The number of carboxylic acid groups (broad SMARTS) is 1. The Balaban J connectivity index is 1.80. The lowest BCUT2D eigenvalue weighted by Gasteiger charge is -2.29. The van der Waals surface area contributed by atoms with E-state index in [-0.39, 0.29) is 17.0 Å². The van der Waals surface area contributed by atoms with E-state index in [4.69, 9.17) is 9.47 Å². The number of aromatic nitrogens is 3. The molecule has 4 aromatic rings. The zero-order chi connectivity index (χ0) is 31.2. The highest BCUT2D eigenvalue weighted by molar-refractivity contribution is 6.01. The normalized spacial score (nSPS) is 14.2. The van der Waals surface area contributed by atoms with Crippen LogP contribution >= 0.6 is 0 Å². The molecule has 228 valence electrons. The Morgan fingerprint density at radius 2 is 1.93 bits per heavy atom. The molecule has 2 aromatic heterocycles. The van der Waals surface area contributed by atoms with Crippen molar-refractivity contribution >= 4 is 16.7 Å². The Morgan fingerprint density at radius 1 is 1.19 bits per heavy atom. The molecule has 0 saturated heterocycles. The van der Waals surface area contributed by atoms with Gasteiger partial charge >= 0.3 is 5.97 Å². The van der Waals surface area contributed by atoms with Crippen LogP contribution in [0.2, 0.25) is 0 Å². The van der Waals surface area contributed by atoms with Gasteiger partial charge in [0, 0.05) is 41.9 Å². The topological polar surface area (TPSA) is 95.6 Å². The number of pyridine rings is 1. The number of aryl methyl sites for hydroxylation is 1. The number of ether oxygens (including phenoxy) is 2. The van der Waals surface area contributed by atoms with Crippen LogP contribution in [0.1, 0.15) is 70.4 Å². The predicted molar refractivity (Wildman–Crippen MR) is 165 cm³/mol. The molecule has 5 rings (SSSR count). The third-order valence-corrected chi connectivity index (χ3v) is 7.99. The van der Waals surface area contributed by atoms with E-state index in [1.165, 1.54) is 10.6 Å². The van der Waals surface area contributed by atoms with Crippen LogP contribution in [-0.4, -0.2) is 37.6 Å². The van der Waals surface area contributed by atoms with Gasteiger partial charge in [-0.15, -0.1) is 0 Å². The summed E-state index contributed by atoms with van der Waals surface area (Å²) in [6.07, 6.45) is 4.64. The Hall–Kier alpha value is -3.98. The molecular formula is C34H40FN3O5. The molecule has 0 spiro atoms. The van der Waals surface area contributed by atoms with E-state index >= 15 is 4.39 Å². The first-order valence-corrected chi connectivity index (χ1v) is 14.8. The number of aliphatic carboxylic acids is 1.